The maximum absolute atomic E-state index is 13.2. The van der Waals surface area contributed by atoms with E-state index in [0.717, 1.165) is 6.07 Å². The quantitative estimate of drug-likeness (QED) is 0.138. The molecule has 6 nitrogen and oxygen atoms in total. The Kier molecular flexibility index (Phi) is 10.4. The molecule has 3 rings (SSSR count). The van der Waals surface area contributed by atoms with Crippen LogP contribution in [0.25, 0.3) is 0 Å². The zero-order valence-electron chi connectivity index (χ0n) is 19.1. The van der Waals surface area contributed by atoms with Crippen LogP contribution in [-0.2, 0) is 17.8 Å². The second kappa shape index (κ2) is 12.8. The van der Waals surface area contributed by atoms with Crippen molar-refractivity contribution in [3.8, 4) is 5.75 Å². The fraction of sp³-hybridized carbons (Fsp3) is 0.250. The molecule has 0 amide bonds. The molecule has 0 unspecified atom stereocenters. The van der Waals surface area contributed by atoms with Crippen LogP contribution in [-0.4, -0.2) is 29.2 Å². The Morgan fingerprint density at radius 1 is 1.11 bits per heavy atom. The number of hydrogen-bond acceptors (Lipinski definition) is 5. The Hall–Kier alpha value is -2.82. The smallest absolute Gasteiger partial charge is 0.545 e. The molecule has 11 heteroatoms. The van der Waals surface area contributed by atoms with Gasteiger partial charge in [0.2, 0.25) is 0 Å². The first-order valence-electron chi connectivity index (χ1n) is 10.3. The minimum Gasteiger partial charge on any atom is -0.545 e. The average Bonchev–Trinajstić information content (AvgIpc) is 3.16. The van der Waals surface area contributed by atoms with Gasteiger partial charge < -0.3 is 24.0 Å². The van der Waals surface area contributed by atoms with Gasteiger partial charge in [0.25, 0.3) is 0 Å². The van der Waals surface area contributed by atoms with Gasteiger partial charge in [-0.1, -0.05) is 36.3 Å². The number of oxime groups is 1. The molecule has 0 radical (unpaired) electrons. The molecule has 0 saturated carbocycles. The normalized spacial score (nSPS) is 11.6. The van der Waals surface area contributed by atoms with Crippen molar-refractivity contribution in [2.75, 3.05) is 6.61 Å². The topological polar surface area (TPSA) is 75.9 Å². The summed E-state index contributed by atoms with van der Waals surface area (Å²) in [6.07, 6.45) is -1.06. The van der Waals surface area contributed by atoms with Gasteiger partial charge in [-0.2, -0.15) is 0 Å². The maximum Gasteiger partial charge on any atom is 1.00 e. The number of aromatic nitrogens is 1. The SMILES string of the molecule is CCCO/N=C(\Cn1cc(Cc2ccc(F)cc2)c(C(=O)[O-])c1)c1cccc(OC(F)(F)F)c1.[Na+]. The van der Waals surface area contributed by atoms with Crippen LogP contribution in [0.2, 0.25) is 0 Å². The van der Waals surface area contributed by atoms with E-state index in [1.54, 1.807) is 24.4 Å². The monoisotopic (exact) mass is 500 g/mol. The van der Waals surface area contributed by atoms with Crippen molar-refractivity contribution in [1.29, 1.82) is 0 Å². The average molecular weight is 500 g/mol. The molecular weight excluding hydrogens is 479 g/mol. The summed E-state index contributed by atoms with van der Waals surface area (Å²) in [5, 5.41) is 15.7. The molecule has 0 aliphatic carbocycles. The van der Waals surface area contributed by atoms with E-state index in [-0.39, 0.29) is 60.4 Å². The Labute approximate surface area is 221 Å². The molecule has 0 fully saturated rings. The van der Waals surface area contributed by atoms with Gasteiger partial charge in [-0.05, 0) is 48.2 Å². The minimum absolute atomic E-state index is 0. The molecule has 1 aromatic heterocycles. The van der Waals surface area contributed by atoms with Crippen molar-refractivity contribution in [3.63, 3.8) is 0 Å². The van der Waals surface area contributed by atoms with Crippen LogP contribution in [0.3, 0.4) is 0 Å². The second-order valence-electron chi connectivity index (χ2n) is 7.41. The van der Waals surface area contributed by atoms with Gasteiger partial charge >= 0.3 is 35.9 Å². The molecule has 0 spiro atoms. The molecule has 0 atom stereocenters. The zero-order valence-corrected chi connectivity index (χ0v) is 21.1. The summed E-state index contributed by atoms with van der Waals surface area (Å²) in [4.78, 5) is 16.9. The molecule has 0 bridgehead atoms. The van der Waals surface area contributed by atoms with E-state index < -0.39 is 23.9 Å². The van der Waals surface area contributed by atoms with Crippen LogP contribution in [0, 0.1) is 5.82 Å². The van der Waals surface area contributed by atoms with Gasteiger partial charge in [-0.15, -0.1) is 13.2 Å². The Morgan fingerprint density at radius 2 is 1.83 bits per heavy atom. The van der Waals surface area contributed by atoms with Crippen LogP contribution < -0.4 is 39.4 Å². The van der Waals surface area contributed by atoms with Crippen LogP contribution in [0.1, 0.15) is 40.4 Å². The van der Waals surface area contributed by atoms with Crippen molar-refractivity contribution in [3.05, 3.63) is 89.0 Å². The minimum atomic E-state index is -4.85. The Morgan fingerprint density at radius 3 is 2.46 bits per heavy atom. The molecular formula is C24H21F4N2NaO4. The van der Waals surface area contributed by atoms with Gasteiger partial charge in [0, 0.05) is 23.5 Å². The van der Waals surface area contributed by atoms with E-state index in [1.165, 1.54) is 35.0 Å². The predicted molar refractivity (Wildman–Crippen MR) is 114 cm³/mol. The fourth-order valence-corrected chi connectivity index (χ4v) is 3.23. The molecule has 0 aliphatic heterocycles. The Bertz CT molecular complexity index is 1160. The third-order valence-electron chi connectivity index (χ3n) is 4.69. The summed E-state index contributed by atoms with van der Waals surface area (Å²) < 4.78 is 56.6. The summed E-state index contributed by atoms with van der Waals surface area (Å²) in [7, 11) is 0. The molecule has 1 heterocycles. The summed E-state index contributed by atoms with van der Waals surface area (Å²) >= 11 is 0. The number of hydrogen-bond donors (Lipinski definition) is 0. The predicted octanol–water partition coefficient (Wildman–Crippen LogP) is 1.31. The molecule has 0 aliphatic rings. The molecule has 3 aromatic rings. The van der Waals surface area contributed by atoms with Gasteiger partial charge in [0.15, 0.2) is 0 Å². The number of carboxylic acid groups (broad SMARTS) is 1. The molecule has 0 N–H and O–H groups in total. The first-order chi connectivity index (χ1) is 16.1. The number of carbonyl (C=O) groups is 1. The molecule has 35 heavy (non-hydrogen) atoms. The summed E-state index contributed by atoms with van der Waals surface area (Å²) in [6.45, 7) is 2.16. The van der Waals surface area contributed by atoms with Crippen LogP contribution in [0.4, 0.5) is 17.6 Å². The number of carbonyl (C=O) groups excluding carboxylic acids is 1. The zero-order chi connectivity index (χ0) is 24.7. The summed E-state index contributed by atoms with van der Waals surface area (Å²) in [5.74, 6) is -2.23. The summed E-state index contributed by atoms with van der Waals surface area (Å²) in [6, 6.07) is 10.9. The largest absolute Gasteiger partial charge is 1.00 e. The van der Waals surface area contributed by atoms with Gasteiger partial charge in [-0.3, -0.25) is 0 Å². The van der Waals surface area contributed by atoms with E-state index in [4.69, 9.17) is 4.84 Å². The number of nitrogens with zero attached hydrogens (tertiary/aromatic N) is 2. The van der Waals surface area contributed by atoms with Crippen LogP contribution in [0.15, 0.2) is 66.1 Å². The van der Waals surface area contributed by atoms with Crippen LogP contribution in [0.5, 0.6) is 5.75 Å². The molecule has 180 valence electrons. The van der Waals surface area contributed by atoms with Crippen molar-refractivity contribution in [2.45, 2.75) is 32.7 Å². The number of halogens is 4. The first kappa shape index (κ1) is 28.4. The number of benzene rings is 2. The van der Waals surface area contributed by atoms with Gasteiger partial charge in [0.05, 0.1) is 12.5 Å². The molecule has 2 aromatic carbocycles. The maximum atomic E-state index is 13.2. The van der Waals surface area contributed by atoms with Crippen LogP contribution >= 0.6 is 0 Å². The summed E-state index contributed by atoms with van der Waals surface area (Å²) in [5.41, 5.74) is 1.62. The number of rotatable bonds is 10. The third-order valence-corrected chi connectivity index (χ3v) is 4.69. The van der Waals surface area contributed by atoms with Gasteiger partial charge in [-0.25, -0.2) is 4.39 Å². The van der Waals surface area contributed by atoms with Crippen molar-refractivity contribution in [1.82, 2.24) is 4.57 Å². The van der Waals surface area contributed by atoms with Crippen molar-refractivity contribution < 1.29 is 66.6 Å². The van der Waals surface area contributed by atoms with E-state index in [1.807, 2.05) is 6.92 Å². The molecule has 0 saturated heterocycles. The van der Waals surface area contributed by atoms with E-state index in [0.29, 0.717) is 23.1 Å². The van der Waals surface area contributed by atoms with Crippen molar-refractivity contribution in [2.24, 2.45) is 5.16 Å². The number of alkyl halides is 3. The van der Waals surface area contributed by atoms with Crippen molar-refractivity contribution >= 4 is 11.7 Å². The Balaban J connectivity index is 0.00000432. The fourth-order valence-electron chi connectivity index (χ4n) is 3.23. The first-order valence-corrected chi connectivity index (χ1v) is 10.3. The van der Waals surface area contributed by atoms with E-state index >= 15 is 0 Å². The third kappa shape index (κ3) is 8.72. The standard InChI is InChI=1S/C24H22F4N2O4.Na/c1-2-10-33-29-22(17-4-3-5-20(12-17)34-24(26,27)28)15-30-13-18(21(14-30)23(31)32)11-16-6-8-19(25)9-7-16;/h3-9,12-14H,2,10-11,15H2,1H3,(H,31,32);/q;+1/p-1/b29-22+;. The number of carboxylic acids is 1. The second-order valence-corrected chi connectivity index (χ2v) is 7.41. The number of aromatic carboxylic acids is 1. The van der Waals surface area contributed by atoms with Gasteiger partial charge in [0.1, 0.15) is 23.9 Å². The number of ether oxygens (including phenoxy) is 1. The van der Waals surface area contributed by atoms with E-state index in [2.05, 4.69) is 9.89 Å². The van der Waals surface area contributed by atoms with E-state index in [9.17, 15) is 27.5 Å².